The highest BCUT2D eigenvalue weighted by Gasteiger charge is 2.13. The molecule has 0 heterocycles. The van der Waals surface area contributed by atoms with Gasteiger partial charge in [-0.2, -0.15) is 0 Å². The summed E-state index contributed by atoms with van der Waals surface area (Å²) in [5, 5.41) is 12.6. The van der Waals surface area contributed by atoms with Crippen molar-refractivity contribution < 1.29 is 9.90 Å². The smallest absolute Gasteiger partial charge is 0.255 e. The molecule has 0 saturated carbocycles. The van der Waals surface area contributed by atoms with E-state index in [0.717, 1.165) is 24.8 Å². The van der Waals surface area contributed by atoms with Gasteiger partial charge in [0.1, 0.15) is 5.75 Å². The second kappa shape index (κ2) is 7.79. The van der Waals surface area contributed by atoms with Crippen molar-refractivity contribution in [3.63, 3.8) is 0 Å². The van der Waals surface area contributed by atoms with E-state index in [1.165, 1.54) is 0 Å². The fourth-order valence-corrected chi connectivity index (χ4v) is 2.16. The molecule has 0 aliphatic rings. The Balaban J connectivity index is 2.61. The van der Waals surface area contributed by atoms with Crippen LogP contribution < -0.4 is 11.1 Å². The van der Waals surface area contributed by atoms with Crippen LogP contribution in [0.25, 0.3) is 0 Å². The molecule has 4 nitrogen and oxygen atoms in total. The van der Waals surface area contributed by atoms with E-state index in [0.29, 0.717) is 24.6 Å². The Morgan fingerprint density at radius 2 is 2.16 bits per heavy atom. The number of aryl methyl sites for hydroxylation is 1. The predicted octanol–water partition coefficient (Wildman–Crippen LogP) is 2.20. The third kappa shape index (κ3) is 4.91. The standard InChI is InChI=1S/C15H24N2O2/c1-3-4-12(7-8-16)10-17-15(19)13-9-11(2)5-6-14(13)18/h5-6,9,12,18H,3-4,7-8,10,16H2,1-2H3,(H,17,19). The molecule has 1 amide bonds. The van der Waals surface area contributed by atoms with Crippen molar-refractivity contribution in [2.75, 3.05) is 13.1 Å². The molecule has 1 rings (SSSR count). The molecule has 4 N–H and O–H groups in total. The highest BCUT2D eigenvalue weighted by molar-refractivity contribution is 5.96. The lowest BCUT2D eigenvalue weighted by atomic mass is 9.99. The van der Waals surface area contributed by atoms with Gasteiger partial charge in [-0.3, -0.25) is 4.79 Å². The van der Waals surface area contributed by atoms with Crippen molar-refractivity contribution in [1.29, 1.82) is 0 Å². The number of nitrogens with one attached hydrogen (secondary N) is 1. The third-order valence-corrected chi connectivity index (χ3v) is 3.22. The number of nitrogens with two attached hydrogens (primary N) is 1. The van der Waals surface area contributed by atoms with Gasteiger partial charge in [0.2, 0.25) is 0 Å². The summed E-state index contributed by atoms with van der Waals surface area (Å²) >= 11 is 0. The zero-order chi connectivity index (χ0) is 14.3. The maximum absolute atomic E-state index is 12.0. The number of hydrogen-bond donors (Lipinski definition) is 3. The molecule has 106 valence electrons. The van der Waals surface area contributed by atoms with E-state index in [4.69, 9.17) is 5.73 Å². The minimum absolute atomic E-state index is 0.0222. The molecule has 0 aliphatic carbocycles. The molecule has 0 bridgehead atoms. The van der Waals surface area contributed by atoms with Crippen molar-refractivity contribution >= 4 is 5.91 Å². The molecule has 1 aromatic rings. The zero-order valence-corrected chi connectivity index (χ0v) is 11.8. The van der Waals surface area contributed by atoms with Gasteiger partial charge in [-0.25, -0.2) is 0 Å². The van der Waals surface area contributed by atoms with Gasteiger partial charge >= 0.3 is 0 Å². The van der Waals surface area contributed by atoms with Gasteiger partial charge in [0.15, 0.2) is 0 Å². The molecule has 0 aromatic heterocycles. The van der Waals surface area contributed by atoms with Crippen LogP contribution in [0.5, 0.6) is 5.75 Å². The maximum atomic E-state index is 12.0. The summed E-state index contributed by atoms with van der Waals surface area (Å²) in [4.78, 5) is 12.0. The van der Waals surface area contributed by atoms with Crippen LogP contribution in [0.15, 0.2) is 18.2 Å². The van der Waals surface area contributed by atoms with Crippen LogP contribution >= 0.6 is 0 Å². The zero-order valence-electron chi connectivity index (χ0n) is 11.8. The van der Waals surface area contributed by atoms with E-state index in [-0.39, 0.29) is 11.7 Å². The third-order valence-electron chi connectivity index (χ3n) is 3.22. The van der Waals surface area contributed by atoms with Crippen molar-refractivity contribution in [2.24, 2.45) is 11.7 Å². The minimum atomic E-state index is -0.223. The topological polar surface area (TPSA) is 75.3 Å². The molecule has 0 spiro atoms. The number of carbonyl (C=O) groups excluding carboxylic acids is 1. The van der Waals surface area contributed by atoms with Gasteiger partial charge in [0.05, 0.1) is 5.56 Å². The van der Waals surface area contributed by atoms with Crippen LogP contribution in [0.1, 0.15) is 42.1 Å². The SMILES string of the molecule is CCCC(CCN)CNC(=O)c1cc(C)ccc1O. The Labute approximate surface area is 115 Å². The predicted molar refractivity (Wildman–Crippen MR) is 77.2 cm³/mol. The second-order valence-electron chi connectivity index (χ2n) is 4.96. The Kier molecular flexibility index (Phi) is 6.36. The molecular formula is C15H24N2O2. The molecule has 1 aromatic carbocycles. The first-order valence-corrected chi connectivity index (χ1v) is 6.86. The number of benzene rings is 1. The Morgan fingerprint density at radius 3 is 2.79 bits per heavy atom. The summed E-state index contributed by atoms with van der Waals surface area (Å²) < 4.78 is 0. The lowest BCUT2D eigenvalue weighted by Crippen LogP contribution is -2.30. The largest absolute Gasteiger partial charge is 0.507 e. The fourth-order valence-electron chi connectivity index (χ4n) is 2.16. The molecule has 1 unspecified atom stereocenters. The summed E-state index contributed by atoms with van der Waals surface area (Å²) in [7, 11) is 0. The highest BCUT2D eigenvalue weighted by atomic mass is 16.3. The Hall–Kier alpha value is -1.55. The van der Waals surface area contributed by atoms with Crippen molar-refractivity contribution in [1.82, 2.24) is 5.32 Å². The van der Waals surface area contributed by atoms with E-state index in [9.17, 15) is 9.90 Å². The fraction of sp³-hybridized carbons (Fsp3) is 0.533. The maximum Gasteiger partial charge on any atom is 0.255 e. The number of hydrogen-bond acceptors (Lipinski definition) is 3. The summed E-state index contributed by atoms with van der Waals surface area (Å²) in [5.74, 6) is 0.208. The van der Waals surface area contributed by atoms with E-state index < -0.39 is 0 Å². The van der Waals surface area contributed by atoms with Crippen molar-refractivity contribution in [3.8, 4) is 5.75 Å². The Bertz CT molecular complexity index is 413. The highest BCUT2D eigenvalue weighted by Crippen LogP contribution is 2.18. The Morgan fingerprint density at radius 1 is 1.42 bits per heavy atom. The average molecular weight is 264 g/mol. The monoisotopic (exact) mass is 264 g/mol. The first kappa shape index (κ1) is 15.5. The van der Waals surface area contributed by atoms with Gasteiger partial charge in [0.25, 0.3) is 5.91 Å². The minimum Gasteiger partial charge on any atom is -0.507 e. The molecule has 0 fully saturated rings. The quantitative estimate of drug-likeness (QED) is 0.706. The second-order valence-corrected chi connectivity index (χ2v) is 4.96. The van der Waals surface area contributed by atoms with Gasteiger partial charge in [-0.1, -0.05) is 25.0 Å². The number of aromatic hydroxyl groups is 1. The normalized spacial score (nSPS) is 12.2. The summed E-state index contributed by atoms with van der Waals surface area (Å²) in [6.45, 7) is 5.26. The first-order valence-electron chi connectivity index (χ1n) is 6.86. The summed E-state index contributed by atoms with van der Waals surface area (Å²) in [6.07, 6.45) is 3.04. The lowest BCUT2D eigenvalue weighted by molar-refractivity contribution is 0.0943. The van der Waals surface area contributed by atoms with Gasteiger partial charge in [0, 0.05) is 6.54 Å². The van der Waals surface area contributed by atoms with Crippen LogP contribution in [-0.2, 0) is 0 Å². The van der Waals surface area contributed by atoms with Crippen LogP contribution in [0.3, 0.4) is 0 Å². The molecule has 0 aliphatic heterocycles. The number of phenols is 1. The summed E-state index contributed by atoms with van der Waals surface area (Å²) in [6, 6.07) is 5.02. The van der Waals surface area contributed by atoms with Crippen LogP contribution in [0.2, 0.25) is 0 Å². The first-order chi connectivity index (χ1) is 9.08. The van der Waals surface area contributed by atoms with Crippen molar-refractivity contribution in [2.45, 2.75) is 33.1 Å². The van der Waals surface area contributed by atoms with E-state index in [1.807, 2.05) is 6.92 Å². The number of amides is 1. The number of rotatable bonds is 7. The van der Waals surface area contributed by atoms with E-state index in [2.05, 4.69) is 12.2 Å². The summed E-state index contributed by atoms with van der Waals surface area (Å²) in [5.41, 5.74) is 6.86. The van der Waals surface area contributed by atoms with Gasteiger partial charge < -0.3 is 16.2 Å². The number of carbonyl (C=O) groups is 1. The van der Waals surface area contributed by atoms with Crippen molar-refractivity contribution in [3.05, 3.63) is 29.3 Å². The molecule has 0 radical (unpaired) electrons. The van der Waals surface area contributed by atoms with Gasteiger partial charge in [-0.05, 0) is 44.4 Å². The lowest BCUT2D eigenvalue weighted by Gasteiger charge is -2.16. The molecular weight excluding hydrogens is 240 g/mol. The van der Waals surface area contributed by atoms with Crippen LogP contribution in [-0.4, -0.2) is 24.1 Å². The van der Waals surface area contributed by atoms with Crippen LogP contribution in [0.4, 0.5) is 0 Å². The molecule has 4 heteroatoms. The van der Waals surface area contributed by atoms with E-state index in [1.54, 1.807) is 18.2 Å². The average Bonchev–Trinajstić information content (AvgIpc) is 2.39. The van der Waals surface area contributed by atoms with Gasteiger partial charge in [-0.15, -0.1) is 0 Å². The molecule has 1 atom stereocenters. The number of phenolic OH excluding ortho intramolecular Hbond substituents is 1. The molecule has 0 saturated heterocycles. The van der Waals surface area contributed by atoms with E-state index >= 15 is 0 Å². The van der Waals surface area contributed by atoms with Crippen LogP contribution in [0, 0.1) is 12.8 Å². The molecule has 19 heavy (non-hydrogen) atoms.